The smallest absolute Gasteiger partial charge is 0.428 e. The van der Waals surface area contributed by atoms with E-state index in [2.05, 4.69) is 37.3 Å². The Morgan fingerprint density at radius 1 is 1.35 bits per heavy atom. The van der Waals surface area contributed by atoms with Crippen LogP contribution in [0.1, 0.15) is 47.0 Å². The van der Waals surface area contributed by atoms with Gasteiger partial charge in [0.1, 0.15) is 12.7 Å². The van der Waals surface area contributed by atoms with E-state index in [0.29, 0.717) is 17.8 Å². The molecule has 0 heterocycles. The predicted octanol–water partition coefficient (Wildman–Crippen LogP) is 4.04. The van der Waals surface area contributed by atoms with Gasteiger partial charge in [-0.1, -0.05) is 33.8 Å². The fraction of sp³-hybridized carbons (Fsp3) is 0.800. The molecule has 1 aliphatic carbocycles. The first-order chi connectivity index (χ1) is 9.40. The largest absolute Gasteiger partial charge is 0.542 e. The summed E-state index contributed by atoms with van der Waals surface area (Å²) in [4.78, 5) is 20.9. The van der Waals surface area contributed by atoms with Crippen LogP contribution in [0.2, 0.25) is 0 Å². The average Bonchev–Trinajstić information content (AvgIpc) is 2.36. The Kier molecular flexibility index (Phi) is 7.02. The summed E-state index contributed by atoms with van der Waals surface area (Å²) in [5.74, 6) is 1.52. The first-order valence-electron chi connectivity index (χ1n) is 7.21. The van der Waals surface area contributed by atoms with Crippen molar-refractivity contribution in [3.05, 3.63) is 12.2 Å². The van der Waals surface area contributed by atoms with E-state index in [9.17, 15) is 4.79 Å². The number of hydrogen-bond donors (Lipinski definition) is 0. The zero-order chi connectivity index (χ0) is 15.1. The van der Waals surface area contributed by atoms with Gasteiger partial charge in [-0.15, -0.1) is 0 Å². The van der Waals surface area contributed by atoms with Gasteiger partial charge in [-0.05, 0) is 48.1 Å². The van der Waals surface area contributed by atoms with Crippen LogP contribution in [0.15, 0.2) is 12.2 Å². The Balaban J connectivity index is 2.30. The highest BCUT2D eigenvalue weighted by atomic mass is 17.5. The SMILES string of the molecule is C=C(C)COC(=O)OOOC1CC(C)CCC1C(C)C. The van der Waals surface area contributed by atoms with E-state index < -0.39 is 6.16 Å². The molecule has 0 aromatic rings. The third kappa shape index (κ3) is 5.92. The minimum absolute atomic E-state index is 0.0484. The Morgan fingerprint density at radius 2 is 2.05 bits per heavy atom. The first-order valence-corrected chi connectivity index (χ1v) is 7.21. The maximum atomic E-state index is 11.2. The molecule has 3 atom stereocenters. The minimum atomic E-state index is -0.919. The van der Waals surface area contributed by atoms with E-state index in [1.54, 1.807) is 6.92 Å². The fourth-order valence-electron chi connectivity index (χ4n) is 2.53. The van der Waals surface area contributed by atoms with Crippen molar-refractivity contribution < 1.29 is 24.3 Å². The second kappa shape index (κ2) is 8.27. The van der Waals surface area contributed by atoms with E-state index in [1.807, 2.05) is 0 Å². The van der Waals surface area contributed by atoms with E-state index in [0.717, 1.165) is 18.4 Å². The lowest BCUT2D eigenvalue weighted by Gasteiger charge is -2.35. The molecule has 3 unspecified atom stereocenters. The van der Waals surface area contributed by atoms with Crippen LogP contribution in [0.3, 0.4) is 0 Å². The summed E-state index contributed by atoms with van der Waals surface area (Å²) in [6, 6.07) is 0. The molecule has 5 nitrogen and oxygen atoms in total. The molecule has 0 aromatic heterocycles. The van der Waals surface area contributed by atoms with Crippen molar-refractivity contribution in [1.29, 1.82) is 0 Å². The van der Waals surface area contributed by atoms with Crippen molar-refractivity contribution in [2.24, 2.45) is 17.8 Å². The first kappa shape index (κ1) is 17.0. The zero-order valence-electron chi connectivity index (χ0n) is 12.9. The topological polar surface area (TPSA) is 54.0 Å². The van der Waals surface area contributed by atoms with Gasteiger partial charge in [0.2, 0.25) is 0 Å². The molecule has 0 N–H and O–H groups in total. The van der Waals surface area contributed by atoms with Gasteiger partial charge in [0.25, 0.3) is 0 Å². The van der Waals surface area contributed by atoms with Gasteiger partial charge >= 0.3 is 6.16 Å². The van der Waals surface area contributed by atoms with Crippen molar-refractivity contribution in [1.82, 2.24) is 0 Å². The van der Waals surface area contributed by atoms with Crippen molar-refractivity contribution >= 4 is 6.16 Å². The van der Waals surface area contributed by atoms with Crippen molar-refractivity contribution in [3.8, 4) is 0 Å². The fourth-order valence-corrected chi connectivity index (χ4v) is 2.53. The molecular formula is C15H26O5. The number of carbonyl (C=O) groups is 1. The molecule has 1 fully saturated rings. The second-order valence-corrected chi connectivity index (χ2v) is 6.11. The Morgan fingerprint density at radius 3 is 2.65 bits per heavy atom. The van der Waals surface area contributed by atoms with Crippen LogP contribution in [0.4, 0.5) is 4.79 Å². The number of carbonyl (C=O) groups excluding carboxylic acids is 1. The predicted molar refractivity (Wildman–Crippen MR) is 74.5 cm³/mol. The molecule has 0 bridgehead atoms. The number of rotatable bonds is 6. The summed E-state index contributed by atoms with van der Waals surface area (Å²) in [6.45, 7) is 12.0. The summed E-state index contributed by atoms with van der Waals surface area (Å²) in [5.41, 5.74) is 0.726. The summed E-state index contributed by atoms with van der Waals surface area (Å²) >= 11 is 0. The van der Waals surface area contributed by atoms with E-state index in [-0.39, 0.29) is 12.7 Å². The molecule has 0 aliphatic heterocycles. The van der Waals surface area contributed by atoms with Gasteiger partial charge in [0.05, 0.1) is 0 Å². The van der Waals surface area contributed by atoms with Crippen LogP contribution in [-0.4, -0.2) is 18.9 Å². The van der Waals surface area contributed by atoms with Gasteiger partial charge in [0, 0.05) is 0 Å². The van der Waals surface area contributed by atoms with Crippen LogP contribution in [0, 0.1) is 17.8 Å². The van der Waals surface area contributed by atoms with E-state index in [4.69, 9.17) is 9.62 Å². The third-order valence-electron chi connectivity index (χ3n) is 3.66. The Bertz CT molecular complexity index is 326. The van der Waals surface area contributed by atoms with Crippen molar-refractivity contribution in [2.75, 3.05) is 6.61 Å². The van der Waals surface area contributed by atoms with Gasteiger partial charge < -0.3 is 4.74 Å². The lowest BCUT2D eigenvalue weighted by atomic mass is 9.75. The van der Waals surface area contributed by atoms with E-state index >= 15 is 0 Å². The average molecular weight is 286 g/mol. The van der Waals surface area contributed by atoms with E-state index in [1.165, 1.54) is 6.42 Å². The van der Waals surface area contributed by atoms with Crippen LogP contribution >= 0.6 is 0 Å². The normalized spacial score (nSPS) is 26.4. The lowest BCUT2D eigenvalue weighted by molar-refractivity contribution is -0.508. The molecule has 116 valence electrons. The molecule has 0 saturated heterocycles. The monoisotopic (exact) mass is 286 g/mol. The molecule has 5 heteroatoms. The van der Waals surface area contributed by atoms with Crippen LogP contribution in [-0.2, 0) is 19.6 Å². The second-order valence-electron chi connectivity index (χ2n) is 6.11. The standard InChI is InChI=1S/C15H26O5/c1-10(2)9-17-15(16)19-20-18-14-8-12(5)6-7-13(14)11(3)4/h11-14H,1,6-9H2,2-5H3. The third-order valence-corrected chi connectivity index (χ3v) is 3.66. The minimum Gasteiger partial charge on any atom is -0.428 e. The lowest BCUT2D eigenvalue weighted by Crippen LogP contribution is -2.34. The maximum absolute atomic E-state index is 11.2. The highest BCUT2D eigenvalue weighted by molar-refractivity contribution is 5.59. The zero-order valence-corrected chi connectivity index (χ0v) is 12.9. The highest BCUT2D eigenvalue weighted by Crippen LogP contribution is 2.35. The molecule has 0 radical (unpaired) electrons. The molecule has 20 heavy (non-hydrogen) atoms. The number of ether oxygens (including phenoxy) is 1. The molecule has 1 aliphatic rings. The summed E-state index contributed by atoms with van der Waals surface area (Å²) in [5, 5.41) is 4.59. The van der Waals surface area contributed by atoms with Gasteiger partial charge in [0.15, 0.2) is 0 Å². The highest BCUT2D eigenvalue weighted by Gasteiger charge is 2.32. The Labute approximate surface area is 121 Å². The van der Waals surface area contributed by atoms with Gasteiger partial charge in [-0.25, -0.2) is 9.68 Å². The quantitative estimate of drug-likeness (QED) is 0.319. The molecule has 1 saturated carbocycles. The summed E-state index contributed by atoms with van der Waals surface area (Å²) in [6.07, 6.45) is 2.25. The molecular weight excluding hydrogens is 260 g/mol. The summed E-state index contributed by atoms with van der Waals surface area (Å²) < 4.78 is 4.72. The molecule has 1 rings (SSSR count). The van der Waals surface area contributed by atoms with Gasteiger partial charge in [-0.3, -0.25) is 0 Å². The van der Waals surface area contributed by atoms with Crippen molar-refractivity contribution in [2.45, 2.75) is 53.1 Å². The van der Waals surface area contributed by atoms with Crippen LogP contribution < -0.4 is 0 Å². The summed E-state index contributed by atoms with van der Waals surface area (Å²) in [7, 11) is 0. The molecule has 0 spiro atoms. The molecule has 0 amide bonds. The maximum Gasteiger partial charge on any atom is 0.542 e. The van der Waals surface area contributed by atoms with Gasteiger partial charge in [-0.2, -0.15) is 4.89 Å². The van der Waals surface area contributed by atoms with Crippen LogP contribution in [0.5, 0.6) is 0 Å². The number of hydrogen-bond acceptors (Lipinski definition) is 5. The Hall–Kier alpha value is -1.07. The van der Waals surface area contributed by atoms with Crippen molar-refractivity contribution in [3.63, 3.8) is 0 Å². The molecule has 0 aromatic carbocycles. The van der Waals surface area contributed by atoms with Crippen LogP contribution in [0.25, 0.3) is 0 Å².